The number of nitrogens with two attached hydrogens (primary N) is 1. The Bertz CT molecular complexity index is 601. The molecule has 2 rings (SSSR count). The van der Waals surface area contributed by atoms with Gasteiger partial charge in [-0.25, -0.2) is 0 Å². The lowest BCUT2D eigenvalue weighted by molar-refractivity contribution is -0.384. The third kappa shape index (κ3) is 3.28. The Kier molecular flexibility index (Phi) is 4.06. The number of nitro benzene ring substituents is 1. The van der Waals surface area contributed by atoms with Gasteiger partial charge in [0.15, 0.2) is 0 Å². The van der Waals surface area contributed by atoms with Crippen LogP contribution in [0.1, 0.15) is 23.2 Å². The molecule has 1 atom stereocenters. The van der Waals surface area contributed by atoms with Crippen molar-refractivity contribution in [2.75, 3.05) is 18.0 Å². The average Bonchev–Trinajstić information content (AvgIpc) is 2.85. The smallest absolute Gasteiger partial charge is 0.303 e. The van der Waals surface area contributed by atoms with Crippen LogP contribution in [0.25, 0.3) is 0 Å². The average molecular weight is 293 g/mol. The molecule has 21 heavy (non-hydrogen) atoms. The highest BCUT2D eigenvalue weighted by Gasteiger charge is 2.29. The largest absolute Gasteiger partial charge is 0.481 e. The summed E-state index contributed by atoms with van der Waals surface area (Å²) in [5.41, 5.74) is 5.39. The zero-order chi connectivity index (χ0) is 15.6. The fourth-order valence-corrected chi connectivity index (χ4v) is 2.56. The van der Waals surface area contributed by atoms with Crippen molar-refractivity contribution in [2.24, 2.45) is 11.7 Å². The second kappa shape index (κ2) is 5.78. The molecule has 8 nitrogen and oxygen atoms in total. The van der Waals surface area contributed by atoms with Crippen molar-refractivity contribution in [3.05, 3.63) is 33.9 Å². The first-order valence-corrected chi connectivity index (χ1v) is 6.43. The summed E-state index contributed by atoms with van der Waals surface area (Å²) in [6.45, 7) is 0.998. The maximum Gasteiger partial charge on any atom is 0.303 e. The standard InChI is InChI=1S/C13H15N3O5/c14-13(19)9-1-2-10(11(6-9)16(20)21)15-4-3-8(7-15)5-12(17)18/h1-2,6,8H,3-5,7H2,(H2,14,19)(H,17,18). The third-order valence-electron chi connectivity index (χ3n) is 3.55. The van der Waals surface area contributed by atoms with E-state index in [2.05, 4.69) is 0 Å². The van der Waals surface area contributed by atoms with Gasteiger partial charge in [0.2, 0.25) is 5.91 Å². The zero-order valence-electron chi connectivity index (χ0n) is 11.2. The molecule has 0 bridgehead atoms. The molecule has 1 aliphatic heterocycles. The van der Waals surface area contributed by atoms with E-state index >= 15 is 0 Å². The molecular formula is C13H15N3O5. The molecule has 0 spiro atoms. The van der Waals surface area contributed by atoms with Crippen LogP contribution in [0.4, 0.5) is 11.4 Å². The van der Waals surface area contributed by atoms with Crippen molar-refractivity contribution < 1.29 is 19.6 Å². The minimum absolute atomic E-state index is 0.0297. The number of carbonyl (C=O) groups excluding carboxylic acids is 1. The van der Waals surface area contributed by atoms with Crippen LogP contribution in [0.15, 0.2) is 18.2 Å². The Morgan fingerprint density at radius 1 is 1.48 bits per heavy atom. The van der Waals surface area contributed by atoms with Crippen LogP contribution in [-0.4, -0.2) is 35.0 Å². The van der Waals surface area contributed by atoms with Crippen molar-refractivity contribution in [1.82, 2.24) is 0 Å². The van der Waals surface area contributed by atoms with E-state index < -0.39 is 16.8 Å². The van der Waals surface area contributed by atoms with Gasteiger partial charge in [-0.15, -0.1) is 0 Å². The van der Waals surface area contributed by atoms with Gasteiger partial charge < -0.3 is 15.7 Å². The van der Waals surface area contributed by atoms with Crippen LogP contribution < -0.4 is 10.6 Å². The maximum absolute atomic E-state index is 11.1. The number of aliphatic carboxylic acids is 1. The van der Waals surface area contributed by atoms with Crippen LogP contribution >= 0.6 is 0 Å². The van der Waals surface area contributed by atoms with E-state index in [0.29, 0.717) is 25.2 Å². The molecule has 0 aliphatic carbocycles. The number of anilines is 1. The monoisotopic (exact) mass is 293 g/mol. The number of nitrogens with zero attached hydrogens (tertiary/aromatic N) is 2. The van der Waals surface area contributed by atoms with Gasteiger partial charge >= 0.3 is 5.97 Å². The molecule has 0 aromatic heterocycles. The van der Waals surface area contributed by atoms with E-state index in [-0.39, 0.29) is 23.6 Å². The Morgan fingerprint density at radius 3 is 2.76 bits per heavy atom. The normalized spacial score (nSPS) is 17.7. The number of amides is 1. The third-order valence-corrected chi connectivity index (χ3v) is 3.55. The fourth-order valence-electron chi connectivity index (χ4n) is 2.56. The Morgan fingerprint density at radius 2 is 2.19 bits per heavy atom. The lowest BCUT2D eigenvalue weighted by Crippen LogP contribution is -2.22. The summed E-state index contributed by atoms with van der Waals surface area (Å²) in [5, 5.41) is 19.9. The summed E-state index contributed by atoms with van der Waals surface area (Å²) < 4.78 is 0. The number of hydrogen-bond donors (Lipinski definition) is 2. The van der Waals surface area contributed by atoms with Gasteiger partial charge in [0.05, 0.1) is 4.92 Å². The van der Waals surface area contributed by atoms with Crippen molar-refractivity contribution in [1.29, 1.82) is 0 Å². The molecule has 1 aliphatic rings. The molecule has 1 aromatic rings. The number of carbonyl (C=O) groups is 2. The predicted molar refractivity (Wildman–Crippen MR) is 74.2 cm³/mol. The Hall–Kier alpha value is -2.64. The van der Waals surface area contributed by atoms with Gasteiger partial charge in [-0.3, -0.25) is 19.7 Å². The van der Waals surface area contributed by atoms with Gasteiger partial charge in [0.1, 0.15) is 5.69 Å². The van der Waals surface area contributed by atoms with Crippen molar-refractivity contribution in [3.8, 4) is 0 Å². The lowest BCUT2D eigenvalue weighted by Gasteiger charge is -2.18. The SMILES string of the molecule is NC(=O)c1ccc(N2CCC(CC(=O)O)C2)c([N+](=O)[O-])c1. The second-order valence-electron chi connectivity index (χ2n) is 5.02. The molecular weight excluding hydrogens is 278 g/mol. The van der Waals surface area contributed by atoms with Crippen LogP contribution in [-0.2, 0) is 4.79 Å². The topological polar surface area (TPSA) is 127 Å². The summed E-state index contributed by atoms with van der Waals surface area (Å²) in [5.74, 6) is -1.63. The molecule has 0 radical (unpaired) electrons. The van der Waals surface area contributed by atoms with E-state index in [1.54, 1.807) is 4.90 Å². The number of nitro groups is 1. The minimum Gasteiger partial charge on any atom is -0.481 e. The summed E-state index contributed by atoms with van der Waals surface area (Å²) in [6.07, 6.45) is 0.713. The molecule has 1 heterocycles. The fraction of sp³-hybridized carbons (Fsp3) is 0.385. The minimum atomic E-state index is -0.875. The Balaban J connectivity index is 2.26. The number of benzene rings is 1. The van der Waals surface area contributed by atoms with Gasteiger partial charge in [0, 0.05) is 31.1 Å². The molecule has 1 unspecified atom stereocenters. The molecule has 8 heteroatoms. The number of rotatable bonds is 5. The first-order valence-electron chi connectivity index (χ1n) is 6.43. The highest BCUT2D eigenvalue weighted by molar-refractivity contribution is 5.94. The second-order valence-corrected chi connectivity index (χ2v) is 5.02. The number of carboxylic acid groups (broad SMARTS) is 1. The van der Waals surface area contributed by atoms with Crippen molar-refractivity contribution in [3.63, 3.8) is 0 Å². The summed E-state index contributed by atoms with van der Waals surface area (Å²) in [7, 11) is 0. The van der Waals surface area contributed by atoms with Crippen LogP contribution in [0.5, 0.6) is 0 Å². The highest BCUT2D eigenvalue weighted by Crippen LogP contribution is 2.33. The highest BCUT2D eigenvalue weighted by atomic mass is 16.6. The maximum atomic E-state index is 11.1. The summed E-state index contributed by atoms with van der Waals surface area (Å²) in [6, 6.07) is 4.08. The van der Waals surface area contributed by atoms with Gasteiger partial charge in [-0.2, -0.15) is 0 Å². The van der Waals surface area contributed by atoms with Gasteiger partial charge in [0.25, 0.3) is 5.69 Å². The first-order chi connectivity index (χ1) is 9.88. The molecule has 1 fully saturated rings. The predicted octanol–water partition coefficient (Wildman–Crippen LogP) is 0.995. The Labute approximate surface area is 120 Å². The van der Waals surface area contributed by atoms with Crippen molar-refractivity contribution >= 4 is 23.3 Å². The molecule has 3 N–H and O–H groups in total. The molecule has 1 aromatic carbocycles. The summed E-state index contributed by atoms with van der Waals surface area (Å²) in [4.78, 5) is 34.2. The van der Waals surface area contributed by atoms with Crippen LogP contribution in [0.2, 0.25) is 0 Å². The first kappa shape index (κ1) is 14.8. The van der Waals surface area contributed by atoms with E-state index in [0.717, 1.165) is 6.07 Å². The zero-order valence-corrected chi connectivity index (χ0v) is 11.2. The summed E-state index contributed by atoms with van der Waals surface area (Å²) >= 11 is 0. The van der Waals surface area contributed by atoms with Crippen molar-refractivity contribution in [2.45, 2.75) is 12.8 Å². The lowest BCUT2D eigenvalue weighted by atomic mass is 10.1. The quantitative estimate of drug-likeness (QED) is 0.615. The van der Waals surface area contributed by atoms with Gasteiger partial charge in [-0.1, -0.05) is 0 Å². The van der Waals surface area contributed by atoms with Crippen LogP contribution in [0, 0.1) is 16.0 Å². The van der Waals surface area contributed by atoms with E-state index in [9.17, 15) is 19.7 Å². The van der Waals surface area contributed by atoms with Gasteiger partial charge in [-0.05, 0) is 24.5 Å². The number of primary amides is 1. The number of hydrogen-bond acceptors (Lipinski definition) is 5. The molecule has 0 saturated carbocycles. The molecule has 112 valence electrons. The number of carboxylic acids is 1. The van der Waals surface area contributed by atoms with Crippen LogP contribution in [0.3, 0.4) is 0 Å². The van der Waals surface area contributed by atoms with E-state index in [1.165, 1.54) is 12.1 Å². The van der Waals surface area contributed by atoms with E-state index in [4.69, 9.17) is 10.8 Å². The molecule has 1 saturated heterocycles. The van der Waals surface area contributed by atoms with E-state index in [1.807, 2.05) is 0 Å². The molecule has 1 amide bonds.